The lowest BCUT2D eigenvalue weighted by molar-refractivity contribution is -0.116. The van der Waals surface area contributed by atoms with Crippen molar-refractivity contribution < 1.29 is 14.1 Å². The van der Waals surface area contributed by atoms with Crippen LogP contribution in [0.2, 0.25) is 0 Å². The van der Waals surface area contributed by atoms with Crippen molar-refractivity contribution in [3.05, 3.63) is 120 Å². The van der Waals surface area contributed by atoms with Gasteiger partial charge in [-0.25, -0.2) is 0 Å². The third-order valence-electron chi connectivity index (χ3n) is 5.95. The predicted molar refractivity (Wildman–Crippen MR) is 130 cm³/mol. The van der Waals surface area contributed by atoms with E-state index >= 15 is 0 Å². The molecule has 1 amide bonds. The second-order valence-electron chi connectivity index (χ2n) is 8.19. The first-order valence-corrected chi connectivity index (χ1v) is 11.2. The molecule has 0 atom stereocenters. The summed E-state index contributed by atoms with van der Waals surface area (Å²) in [6.45, 7) is 0. The van der Waals surface area contributed by atoms with Gasteiger partial charge in [-0.15, -0.1) is 0 Å². The van der Waals surface area contributed by atoms with Gasteiger partial charge in [0.1, 0.15) is 11.5 Å². The number of carbonyl (C=O) groups is 1. The third kappa shape index (κ3) is 4.04. The maximum Gasteiger partial charge on any atom is 0.236 e. The Morgan fingerprint density at radius 1 is 0.857 bits per heavy atom. The van der Waals surface area contributed by atoms with Crippen LogP contribution in [-0.4, -0.2) is 21.0 Å². The van der Waals surface area contributed by atoms with Crippen LogP contribution in [0.25, 0.3) is 11.4 Å². The average molecular weight is 460 g/mol. The maximum absolute atomic E-state index is 13.7. The van der Waals surface area contributed by atoms with E-state index < -0.39 is 5.92 Å². The largest absolute Gasteiger partial charge is 0.457 e. The van der Waals surface area contributed by atoms with Crippen molar-refractivity contribution in [3.63, 3.8) is 0 Å². The molecule has 7 nitrogen and oxygen atoms in total. The number of anilines is 1. The number of carbonyl (C=O) groups excluding carboxylic acids is 1. The van der Waals surface area contributed by atoms with Crippen molar-refractivity contribution >= 4 is 11.6 Å². The Balaban J connectivity index is 1.28. The SMILES string of the molecule is O=C(Nc1ccccc1Cc1nc(-c2cccnc2)no1)C1c2ccccc2Oc2ccccc21. The minimum atomic E-state index is -0.496. The van der Waals surface area contributed by atoms with Crippen molar-refractivity contribution in [2.75, 3.05) is 5.32 Å². The van der Waals surface area contributed by atoms with E-state index in [-0.39, 0.29) is 5.91 Å². The number of fused-ring (bicyclic) bond motifs is 2. The van der Waals surface area contributed by atoms with Crippen LogP contribution < -0.4 is 10.1 Å². The molecule has 35 heavy (non-hydrogen) atoms. The van der Waals surface area contributed by atoms with Gasteiger partial charge in [-0.05, 0) is 35.9 Å². The predicted octanol–water partition coefficient (Wildman–Crippen LogP) is 5.60. The summed E-state index contributed by atoms with van der Waals surface area (Å²) >= 11 is 0. The molecule has 0 radical (unpaired) electrons. The summed E-state index contributed by atoms with van der Waals surface area (Å²) in [4.78, 5) is 22.3. The third-order valence-corrected chi connectivity index (χ3v) is 5.95. The molecule has 0 bridgehead atoms. The summed E-state index contributed by atoms with van der Waals surface area (Å²) in [5.74, 6) is 1.67. The molecule has 0 spiro atoms. The molecule has 1 aliphatic heterocycles. The van der Waals surface area contributed by atoms with Gasteiger partial charge in [-0.2, -0.15) is 4.98 Å². The lowest BCUT2D eigenvalue weighted by Crippen LogP contribution is -2.25. The molecule has 0 saturated heterocycles. The average Bonchev–Trinajstić information content (AvgIpc) is 3.37. The Hall–Kier alpha value is -4.78. The molecule has 0 unspecified atom stereocenters. The number of nitrogens with one attached hydrogen (secondary N) is 1. The van der Waals surface area contributed by atoms with Crippen LogP contribution in [0.1, 0.15) is 28.5 Å². The lowest BCUT2D eigenvalue weighted by atomic mass is 9.87. The fraction of sp³-hybridized carbons (Fsp3) is 0.0714. The number of hydrogen-bond acceptors (Lipinski definition) is 6. The van der Waals surface area contributed by atoms with Crippen LogP contribution in [0.5, 0.6) is 11.5 Å². The van der Waals surface area contributed by atoms with Gasteiger partial charge in [-0.3, -0.25) is 9.78 Å². The maximum atomic E-state index is 13.7. The molecule has 5 aromatic rings. The Morgan fingerprint density at radius 2 is 1.57 bits per heavy atom. The first kappa shape index (κ1) is 20.8. The molecule has 1 aliphatic rings. The first-order chi connectivity index (χ1) is 17.3. The van der Waals surface area contributed by atoms with Gasteiger partial charge in [0.2, 0.25) is 17.6 Å². The minimum Gasteiger partial charge on any atom is -0.457 e. The minimum absolute atomic E-state index is 0.137. The quantitative estimate of drug-likeness (QED) is 0.367. The summed E-state index contributed by atoms with van der Waals surface area (Å²) in [6.07, 6.45) is 3.76. The van der Waals surface area contributed by atoms with Gasteiger partial charge in [-0.1, -0.05) is 59.8 Å². The number of pyridine rings is 1. The second kappa shape index (κ2) is 8.87. The van der Waals surface area contributed by atoms with E-state index in [0.717, 1.165) is 22.3 Å². The van der Waals surface area contributed by atoms with Crippen LogP contribution in [-0.2, 0) is 11.2 Å². The van der Waals surface area contributed by atoms with Gasteiger partial charge >= 0.3 is 0 Å². The number of benzene rings is 3. The molecule has 170 valence electrons. The number of nitrogens with zero attached hydrogens (tertiary/aromatic N) is 3. The number of para-hydroxylation sites is 3. The van der Waals surface area contributed by atoms with Gasteiger partial charge in [0, 0.05) is 34.8 Å². The van der Waals surface area contributed by atoms with Crippen molar-refractivity contribution in [2.45, 2.75) is 12.3 Å². The fourth-order valence-electron chi connectivity index (χ4n) is 4.30. The molecular weight excluding hydrogens is 440 g/mol. The van der Waals surface area contributed by atoms with Crippen LogP contribution >= 0.6 is 0 Å². The molecule has 2 aromatic heterocycles. The van der Waals surface area contributed by atoms with E-state index in [1.54, 1.807) is 12.4 Å². The Bertz CT molecular complexity index is 1470. The Labute approximate surface area is 201 Å². The highest BCUT2D eigenvalue weighted by Crippen LogP contribution is 2.44. The van der Waals surface area contributed by atoms with Gasteiger partial charge in [0.15, 0.2) is 0 Å². The van der Waals surface area contributed by atoms with Crippen molar-refractivity contribution in [3.8, 4) is 22.9 Å². The Kier molecular flexibility index (Phi) is 5.27. The highest BCUT2D eigenvalue weighted by molar-refractivity contribution is 6.00. The monoisotopic (exact) mass is 460 g/mol. The Morgan fingerprint density at radius 3 is 2.31 bits per heavy atom. The number of rotatable bonds is 5. The van der Waals surface area contributed by atoms with E-state index in [0.29, 0.717) is 35.3 Å². The first-order valence-electron chi connectivity index (χ1n) is 11.2. The second-order valence-corrected chi connectivity index (χ2v) is 8.19. The molecule has 0 aliphatic carbocycles. The van der Waals surface area contributed by atoms with Gasteiger partial charge in [0.05, 0.1) is 12.3 Å². The fourth-order valence-corrected chi connectivity index (χ4v) is 4.30. The molecule has 3 aromatic carbocycles. The molecule has 0 fully saturated rings. The van der Waals surface area contributed by atoms with Gasteiger partial charge < -0.3 is 14.6 Å². The van der Waals surface area contributed by atoms with Crippen LogP contribution in [0.3, 0.4) is 0 Å². The summed E-state index contributed by atoms with van der Waals surface area (Å²) in [5.41, 5.74) is 4.01. The number of ether oxygens (including phenoxy) is 1. The summed E-state index contributed by atoms with van der Waals surface area (Å²) < 4.78 is 11.5. The molecule has 0 saturated carbocycles. The van der Waals surface area contributed by atoms with E-state index in [9.17, 15) is 4.79 Å². The molecule has 3 heterocycles. The normalized spacial score (nSPS) is 12.3. The number of hydrogen-bond donors (Lipinski definition) is 1. The summed E-state index contributed by atoms with van der Waals surface area (Å²) in [7, 11) is 0. The lowest BCUT2D eigenvalue weighted by Gasteiger charge is -2.27. The van der Waals surface area contributed by atoms with E-state index in [1.807, 2.05) is 84.9 Å². The summed E-state index contributed by atoms with van der Waals surface area (Å²) in [6, 6.07) is 26.6. The van der Waals surface area contributed by atoms with Crippen LogP contribution in [0, 0.1) is 0 Å². The number of aromatic nitrogens is 3. The zero-order valence-electron chi connectivity index (χ0n) is 18.6. The molecular formula is C28H20N4O3. The van der Waals surface area contributed by atoms with Crippen molar-refractivity contribution in [1.29, 1.82) is 0 Å². The van der Waals surface area contributed by atoms with Crippen molar-refractivity contribution in [1.82, 2.24) is 15.1 Å². The van der Waals surface area contributed by atoms with E-state index in [4.69, 9.17) is 9.26 Å². The van der Waals surface area contributed by atoms with Crippen molar-refractivity contribution in [2.24, 2.45) is 0 Å². The number of amides is 1. The smallest absolute Gasteiger partial charge is 0.236 e. The zero-order chi connectivity index (χ0) is 23.6. The highest BCUT2D eigenvalue weighted by Gasteiger charge is 2.32. The molecule has 1 N–H and O–H groups in total. The molecule has 6 rings (SSSR count). The highest BCUT2D eigenvalue weighted by atomic mass is 16.5. The van der Waals surface area contributed by atoms with Crippen LogP contribution in [0.4, 0.5) is 5.69 Å². The standard InChI is InChI=1S/C28H20N4O3/c33-28(26-20-10-2-5-13-23(20)34-24-14-6-3-11-21(24)26)30-22-12-4-1-8-18(22)16-25-31-27(32-35-25)19-9-7-15-29-17-19/h1-15,17,26H,16H2,(H,30,33). The topological polar surface area (TPSA) is 90.1 Å². The van der Waals surface area contributed by atoms with Crippen LogP contribution in [0.15, 0.2) is 102 Å². The van der Waals surface area contributed by atoms with E-state index in [2.05, 4.69) is 20.4 Å². The molecule has 7 heteroatoms. The summed E-state index contributed by atoms with van der Waals surface area (Å²) in [5, 5.41) is 7.20. The zero-order valence-corrected chi connectivity index (χ0v) is 18.6. The van der Waals surface area contributed by atoms with Gasteiger partial charge in [0.25, 0.3) is 0 Å². The van der Waals surface area contributed by atoms with E-state index in [1.165, 1.54) is 0 Å².